The first kappa shape index (κ1) is 17.2. The maximum Gasteiger partial charge on any atom is 0.327 e. The van der Waals surface area contributed by atoms with Gasteiger partial charge >= 0.3 is 23.8 Å². The molecule has 0 N–H and O–H groups in total. The number of piperazine rings is 1. The first-order chi connectivity index (χ1) is 11.0. The van der Waals surface area contributed by atoms with E-state index < -0.39 is 17.8 Å². The number of carbonyl (C=O) groups is 4. The van der Waals surface area contributed by atoms with Crippen LogP contribution in [0, 0.1) is 5.92 Å². The standard InChI is InChI=1S/C15H23N3O5/c1-3-16-8-9-18(13(20)12(16)19)15(22)17-7-5-6-11(10-17)14(21)23-4-2/h11H,3-10H2,1-2H3/t11-/m0/s1. The molecule has 0 aliphatic carbocycles. The molecule has 1 atom stereocenters. The molecule has 0 saturated carbocycles. The summed E-state index contributed by atoms with van der Waals surface area (Å²) in [5, 5.41) is 0. The van der Waals surface area contributed by atoms with Crippen molar-refractivity contribution in [3.8, 4) is 0 Å². The Morgan fingerprint density at radius 1 is 1.13 bits per heavy atom. The van der Waals surface area contributed by atoms with Gasteiger partial charge in [-0.05, 0) is 26.7 Å². The molecule has 4 amide bonds. The van der Waals surface area contributed by atoms with Crippen LogP contribution in [0.5, 0.6) is 0 Å². The number of amides is 4. The number of ether oxygens (including phenoxy) is 1. The number of piperidine rings is 1. The normalized spacial score (nSPS) is 22.3. The van der Waals surface area contributed by atoms with Crippen LogP contribution in [0.2, 0.25) is 0 Å². The van der Waals surface area contributed by atoms with E-state index in [1.54, 1.807) is 13.8 Å². The second-order valence-electron chi connectivity index (χ2n) is 5.66. The van der Waals surface area contributed by atoms with Gasteiger partial charge in [-0.2, -0.15) is 0 Å². The van der Waals surface area contributed by atoms with Crippen LogP contribution in [0.15, 0.2) is 0 Å². The first-order valence-corrected chi connectivity index (χ1v) is 8.05. The summed E-state index contributed by atoms with van der Waals surface area (Å²) in [6.07, 6.45) is 1.34. The molecular formula is C15H23N3O5. The zero-order valence-corrected chi connectivity index (χ0v) is 13.6. The zero-order valence-electron chi connectivity index (χ0n) is 13.6. The molecule has 128 valence electrons. The molecule has 0 spiro atoms. The molecule has 2 fully saturated rings. The van der Waals surface area contributed by atoms with Crippen molar-refractivity contribution >= 4 is 23.8 Å². The van der Waals surface area contributed by atoms with Crippen LogP contribution in [0.1, 0.15) is 26.7 Å². The van der Waals surface area contributed by atoms with Gasteiger partial charge in [0.15, 0.2) is 0 Å². The molecular weight excluding hydrogens is 302 g/mol. The van der Waals surface area contributed by atoms with Crippen LogP contribution in [-0.4, -0.2) is 77.8 Å². The summed E-state index contributed by atoms with van der Waals surface area (Å²) in [7, 11) is 0. The van der Waals surface area contributed by atoms with Crippen molar-refractivity contribution < 1.29 is 23.9 Å². The van der Waals surface area contributed by atoms with E-state index in [0.29, 0.717) is 39.1 Å². The number of carbonyl (C=O) groups excluding carboxylic acids is 4. The third-order valence-electron chi connectivity index (χ3n) is 4.23. The summed E-state index contributed by atoms with van der Waals surface area (Å²) in [5.74, 6) is -2.12. The molecule has 0 aromatic rings. The van der Waals surface area contributed by atoms with Crippen molar-refractivity contribution in [2.45, 2.75) is 26.7 Å². The highest BCUT2D eigenvalue weighted by atomic mass is 16.5. The van der Waals surface area contributed by atoms with Crippen molar-refractivity contribution in [2.75, 3.05) is 39.3 Å². The van der Waals surface area contributed by atoms with E-state index in [-0.39, 0.29) is 25.0 Å². The van der Waals surface area contributed by atoms with Crippen molar-refractivity contribution in [3.63, 3.8) is 0 Å². The maximum absolute atomic E-state index is 12.5. The Bertz CT molecular complexity index is 507. The smallest absolute Gasteiger partial charge is 0.327 e. The number of urea groups is 1. The lowest BCUT2D eigenvalue weighted by atomic mass is 9.98. The van der Waals surface area contributed by atoms with Crippen LogP contribution >= 0.6 is 0 Å². The fourth-order valence-corrected chi connectivity index (χ4v) is 2.93. The number of imide groups is 1. The minimum atomic E-state index is -0.790. The van der Waals surface area contributed by atoms with Crippen molar-refractivity contribution in [1.29, 1.82) is 0 Å². The van der Waals surface area contributed by atoms with E-state index in [9.17, 15) is 19.2 Å². The third-order valence-corrected chi connectivity index (χ3v) is 4.23. The molecule has 23 heavy (non-hydrogen) atoms. The Balaban J connectivity index is 2.01. The predicted octanol–water partition coefficient (Wildman–Crippen LogP) is 0.0722. The quantitative estimate of drug-likeness (QED) is 0.541. The SMILES string of the molecule is CCOC(=O)[C@H]1CCCN(C(=O)N2CCN(CC)C(=O)C2=O)C1. The minimum absolute atomic E-state index is 0.192. The summed E-state index contributed by atoms with van der Waals surface area (Å²) in [6, 6.07) is -0.492. The number of nitrogens with zero attached hydrogens (tertiary/aromatic N) is 3. The molecule has 0 bridgehead atoms. The largest absolute Gasteiger partial charge is 0.466 e. The van der Waals surface area contributed by atoms with Gasteiger partial charge in [-0.15, -0.1) is 0 Å². The van der Waals surface area contributed by atoms with E-state index in [1.807, 2.05) is 0 Å². The van der Waals surface area contributed by atoms with Gasteiger partial charge in [0.05, 0.1) is 12.5 Å². The Morgan fingerprint density at radius 2 is 1.87 bits per heavy atom. The second-order valence-corrected chi connectivity index (χ2v) is 5.66. The highest BCUT2D eigenvalue weighted by molar-refractivity contribution is 6.38. The van der Waals surface area contributed by atoms with E-state index >= 15 is 0 Å². The number of likely N-dealkylation sites (tertiary alicyclic amines) is 1. The van der Waals surface area contributed by atoms with E-state index in [4.69, 9.17) is 4.74 Å². The Kier molecular flexibility index (Phi) is 5.57. The van der Waals surface area contributed by atoms with Crippen molar-refractivity contribution in [2.24, 2.45) is 5.92 Å². The van der Waals surface area contributed by atoms with Crippen LogP contribution in [0.25, 0.3) is 0 Å². The number of rotatable bonds is 3. The molecule has 0 radical (unpaired) electrons. The fourth-order valence-electron chi connectivity index (χ4n) is 2.93. The maximum atomic E-state index is 12.5. The van der Waals surface area contributed by atoms with E-state index in [0.717, 1.165) is 4.90 Å². The Hall–Kier alpha value is -2.12. The molecule has 8 nitrogen and oxygen atoms in total. The Labute approximate surface area is 135 Å². The lowest BCUT2D eigenvalue weighted by Crippen LogP contribution is -2.59. The van der Waals surface area contributed by atoms with Gasteiger partial charge in [0, 0.05) is 32.7 Å². The van der Waals surface area contributed by atoms with Gasteiger partial charge in [-0.3, -0.25) is 19.3 Å². The molecule has 2 heterocycles. The van der Waals surface area contributed by atoms with E-state index in [2.05, 4.69) is 0 Å². The average Bonchev–Trinajstić information content (AvgIpc) is 2.57. The van der Waals surface area contributed by atoms with Crippen LogP contribution in [-0.2, 0) is 19.1 Å². The van der Waals surface area contributed by atoms with Gasteiger partial charge in [0.2, 0.25) is 0 Å². The summed E-state index contributed by atoms with van der Waals surface area (Å²) in [6.45, 7) is 5.52. The number of likely N-dealkylation sites (N-methyl/N-ethyl adjacent to an activating group) is 1. The monoisotopic (exact) mass is 325 g/mol. The molecule has 2 rings (SSSR count). The van der Waals surface area contributed by atoms with Crippen LogP contribution in [0.4, 0.5) is 4.79 Å². The third kappa shape index (κ3) is 3.62. The van der Waals surface area contributed by atoms with Gasteiger partial charge in [-0.25, -0.2) is 4.79 Å². The van der Waals surface area contributed by atoms with Crippen molar-refractivity contribution in [1.82, 2.24) is 14.7 Å². The molecule has 2 aliphatic rings. The minimum Gasteiger partial charge on any atom is -0.466 e. The lowest BCUT2D eigenvalue weighted by molar-refractivity contribution is -0.154. The molecule has 8 heteroatoms. The van der Waals surface area contributed by atoms with Gasteiger partial charge in [0.25, 0.3) is 0 Å². The summed E-state index contributed by atoms with van der Waals surface area (Å²) in [4.78, 5) is 52.2. The van der Waals surface area contributed by atoms with Gasteiger partial charge < -0.3 is 14.5 Å². The zero-order chi connectivity index (χ0) is 17.0. The topological polar surface area (TPSA) is 87.2 Å². The van der Waals surface area contributed by atoms with Crippen LogP contribution in [0.3, 0.4) is 0 Å². The van der Waals surface area contributed by atoms with Crippen LogP contribution < -0.4 is 0 Å². The second kappa shape index (κ2) is 7.43. The predicted molar refractivity (Wildman–Crippen MR) is 80.3 cm³/mol. The number of esters is 1. The Morgan fingerprint density at radius 3 is 2.52 bits per heavy atom. The van der Waals surface area contributed by atoms with Crippen molar-refractivity contribution in [3.05, 3.63) is 0 Å². The lowest BCUT2D eigenvalue weighted by Gasteiger charge is -2.37. The summed E-state index contributed by atoms with van der Waals surface area (Å²) >= 11 is 0. The van der Waals surface area contributed by atoms with Gasteiger partial charge in [0.1, 0.15) is 0 Å². The fraction of sp³-hybridized carbons (Fsp3) is 0.733. The van der Waals surface area contributed by atoms with E-state index in [1.165, 1.54) is 9.80 Å². The first-order valence-electron chi connectivity index (χ1n) is 8.05. The number of hydrogen-bond donors (Lipinski definition) is 0. The highest BCUT2D eigenvalue weighted by Crippen LogP contribution is 2.20. The summed E-state index contributed by atoms with van der Waals surface area (Å²) in [5.41, 5.74) is 0. The molecule has 0 aromatic heterocycles. The number of hydrogen-bond acceptors (Lipinski definition) is 5. The average molecular weight is 325 g/mol. The molecule has 0 aromatic carbocycles. The van der Waals surface area contributed by atoms with Gasteiger partial charge in [-0.1, -0.05) is 0 Å². The highest BCUT2D eigenvalue weighted by Gasteiger charge is 2.39. The summed E-state index contributed by atoms with van der Waals surface area (Å²) < 4.78 is 5.00. The molecule has 2 aliphatic heterocycles. The molecule has 2 saturated heterocycles. The molecule has 0 unspecified atom stereocenters.